The summed E-state index contributed by atoms with van der Waals surface area (Å²) in [7, 11) is 0. The first-order chi connectivity index (χ1) is 9.02. The van der Waals surface area contributed by atoms with Crippen molar-refractivity contribution in [2.75, 3.05) is 0 Å². The zero-order valence-corrected chi connectivity index (χ0v) is 12.0. The molecule has 0 amide bonds. The number of pyridine rings is 2. The molecule has 2 aromatic rings. The van der Waals surface area contributed by atoms with E-state index in [4.69, 9.17) is 0 Å². The second kappa shape index (κ2) is 7.62. The van der Waals surface area contributed by atoms with Gasteiger partial charge in [-0.1, -0.05) is 33.8 Å². The fourth-order valence-electron chi connectivity index (χ4n) is 1.54. The molecule has 2 aromatic heterocycles. The quantitative estimate of drug-likeness (QED) is 0.791. The summed E-state index contributed by atoms with van der Waals surface area (Å²) in [6.07, 6.45) is 3.44. The third-order valence-electron chi connectivity index (χ3n) is 2.61. The summed E-state index contributed by atoms with van der Waals surface area (Å²) < 4.78 is 12.8. The maximum Gasteiger partial charge on any atom is 0.144 e. The monoisotopic (exact) mass is 260 g/mol. The second-order valence-electron chi connectivity index (χ2n) is 4.93. The van der Waals surface area contributed by atoms with Gasteiger partial charge in [-0.25, -0.2) is 4.39 Å². The maximum absolute atomic E-state index is 12.8. The van der Waals surface area contributed by atoms with Gasteiger partial charge in [0.05, 0.1) is 5.69 Å². The van der Waals surface area contributed by atoms with Crippen LogP contribution in [0.15, 0.2) is 42.7 Å². The van der Waals surface area contributed by atoms with E-state index < -0.39 is 0 Å². The van der Waals surface area contributed by atoms with E-state index in [1.807, 2.05) is 38.2 Å². The molecule has 0 saturated heterocycles. The van der Waals surface area contributed by atoms with Crippen LogP contribution in [0.2, 0.25) is 0 Å². The van der Waals surface area contributed by atoms with E-state index in [1.165, 1.54) is 6.07 Å². The Morgan fingerprint density at radius 2 is 1.53 bits per heavy atom. The lowest BCUT2D eigenvalue weighted by Gasteiger charge is -2.02. The smallest absolute Gasteiger partial charge is 0.144 e. The van der Waals surface area contributed by atoms with Gasteiger partial charge in [0.25, 0.3) is 0 Å². The van der Waals surface area contributed by atoms with E-state index in [-0.39, 0.29) is 11.7 Å². The van der Waals surface area contributed by atoms with Crippen LogP contribution in [0.4, 0.5) is 4.39 Å². The Morgan fingerprint density at radius 3 is 1.89 bits per heavy atom. The molecular weight excluding hydrogens is 239 g/mol. The Morgan fingerprint density at radius 1 is 0.842 bits per heavy atom. The van der Waals surface area contributed by atoms with Gasteiger partial charge in [0.2, 0.25) is 0 Å². The first-order valence-corrected chi connectivity index (χ1v) is 6.53. The molecule has 0 spiro atoms. The molecule has 0 aromatic carbocycles. The first kappa shape index (κ1) is 15.3. The molecule has 0 saturated carbocycles. The zero-order valence-electron chi connectivity index (χ0n) is 12.0. The van der Waals surface area contributed by atoms with E-state index in [2.05, 4.69) is 23.8 Å². The summed E-state index contributed by atoms with van der Waals surface area (Å²) in [5, 5.41) is 0. The molecule has 0 atom stereocenters. The molecule has 2 heterocycles. The number of nitrogens with zero attached hydrogens (tertiary/aromatic N) is 2. The number of aromatic nitrogens is 2. The molecule has 19 heavy (non-hydrogen) atoms. The van der Waals surface area contributed by atoms with Crippen molar-refractivity contribution in [1.82, 2.24) is 9.97 Å². The fraction of sp³-hybridized carbons (Fsp3) is 0.375. The lowest BCUT2D eigenvalue weighted by Crippen LogP contribution is -1.95. The summed E-state index contributed by atoms with van der Waals surface area (Å²) >= 11 is 0. The summed E-state index contributed by atoms with van der Waals surface area (Å²) in [5.74, 6) is 0.505. The number of hydrogen-bond donors (Lipinski definition) is 0. The average Bonchev–Trinajstić information content (AvgIpc) is 2.40. The molecule has 0 N–H and O–H groups in total. The van der Waals surface area contributed by atoms with Gasteiger partial charge in [0.15, 0.2) is 0 Å². The van der Waals surface area contributed by atoms with E-state index in [9.17, 15) is 4.39 Å². The van der Waals surface area contributed by atoms with E-state index in [1.54, 1.807) is 12.3 Å². The Bertz CT molecular complexity index is 481. The summed E-state index contributed by atoms with van der Waals surface area (Å²) in [6, 6.07) is 9.03. The van der Waals surface area contributed by atoms with Gasteiger partial charge in [0.1, 0.15) is 5.82 Å². The van der Waals surface area contributed by atoms with Crippen LogP contribution < -0.4 is 0 Å². The standard InChI is InChI=1S/C8H10FN.C8H11N/c1-6(2)8-7(9)4-3-5-10-8;1-7(2)8-5-3-4-6-9-8/h3-6H,1-2H3;3-7H,1-2H3. The second-order valence-corrected chi connectivity index (χ2v) is 4.93. The van der Waals surface area contributed by atoms with Crippen LogP contribution in [0.1, 0.15) is 50.9 Å². The zero-order chi connectivity index (χ0) is 14.3. The molecule has 0 bridgehead atoms. The molecule has 0 fully saturated rings. The van der Waals surface area contributed by atoms with Gasteiger partial charge in [-0.05, 0) is 36.1 Å². The Hall–Kier alpha value is -1.77. The van der Waals surface area contributed by atoms with Crippen LogP contribution in [0, 0.1) is 5.82 Å². The minimum absolute atomic E-state index is 0.168. The molecule has 2 rings (SSSR count). The Labute approximate surface area is 114 Å². The molecule has 3 heteroatoms. The number of rotatable bonds is 2. The van der Waals surface area contributed by atoms with Gasteiger partial charge in [-0.15, -0.1) is 0 Å². The lowest BCUT2D eigenvalue weighted by molar-refractivity contribution is 0.584. The molecular formula is C16H21FN2. The van der Waals surface area contributed by atoms with Crippen LogP contribution in [-0.4, -0.2) is 9.97 Å². The van der Waals surface area contributed by atoms with Crippen molar-refractivity contribution in [2.24, 2.45) is 0 Å². The van der Waals surface area contributed by atoms with E-state index >= 15 is 0 Å². The van der Waals surface area contributed by atoms with Crippen molar-refractivity contribution >= 4 is 0 Å². The Kier molecular flexibility index (Phi) is 6.13. The molecule has 0 aliphatic carbocycles. The van der Waals surface area contributed by atoms with Crippen molar-refractivity contribution in [2.45, 2.75) is 39.5 Å². The van der Waals surface area contributed by atoms with E-state index in [0.717, 1.165) is 5.69 Å². The highest BCUT2D eigenvalue weighted by Gasteiger charge is 2.04. The van der Waals surface area contributed by atoms with Gasteiger partial charge in [-0.3, -0.25) is 9.97 Å². The van der Waals surface area contributed by atoms with E-state index in [0.29, 0.717) is 11.6 Å². The minimum atomic E-state index is -0.211. The van der Waals surface area contributed by atoms with Crippen LogP contribution in [-0.2, 0) is 0 Å². The summed E-state index contributed by atoms with van der Waals surface area (Å²) in [6.45, 7) is 8.13. The van der Waals surface area contributed by atoms with Crippen LogP contribution in [0.3, 0.4) is 0 Å². The van der Waals surface area contributed by atoms with Gasteiger partial charge >= 0.3 is 0 Å². The highest BCUT2D eigenvalue weighted by Crippen LogP contribution is 2.13. The topological polar surface area (TPSA) is 25.8 Å². The third kappa shape index (κ3) is 5.16. The summed E-state index contributed by atoms with van der Waals surface area (Å²) in [4.78, 5) is 8.08. The SMILES string of the molecule is CC(C)c1ccccn1.CC(C)c1ncccc1F. The third-order valence-corrected chi connectivity index (χ3v) is 2.61. The number of halogens is 1. The molecule has 0 unspecified atom stereocenters. The largest absolute Gasteiger partial charge is 0.261 e. The predicted molar refractivity (Wildman–Crippen MR) is 76.6 cm³/mol. The minimum Gasteiger partial charge on any atom is -0.261 e. The normalized spacial score (nSPS) is 10.3. The highest BCUT2D eigenvalue weighted by atomic mass is 19.1. The molecule has 2 nitrogen and oxygen atoms in total. The van der Waals surface area contributed by atoms with Gasteiger partial charge in [0, 0.05) is 18.1 Å². The Balaban J connectivity index is 0.000000191. The maximum atomic E-state index is 12.8. The predicted octanol–water partition coefficient (Wildman–Crippen LogP) is 4.55. The lowest BCUT2D eigenvalue weighted by atomic mass is 10.1. The fourth-order valence-corrected chi connectivity index (χ4v) is 1.54. The van der Waals surface area contributed by atoms with Gasteiger partial charge in [-0.2, -0.15) is 0 Å². The van der Waals surface area contributed by atoms with Crippen molar-refractivity contribution in [3.8, 4) is 0 Å². The average molecular weight is 260 g/mol. The van der Waals surface area contributed by atoms with Crippen molar-refractivity contribution < 1.29 is 4.39 Å². The molecule has 0 aliphatic rings. The van der Waals surface area contributed by atoms with Crippen LogP contribution >= 0.6 is 0 Å². The van der Waals surface area contributed by atoms with Gasteiger partial charge < -0.3 is 0 Å². The van der Waals surface area contributed by atoms with Crippen molar-refractivity contribution in [3.05, 3.63) is 59.9 Å². The van der Waals surface area contributed by atoms with Crippen molar-refractivity contribution in [3.63, 3.8) is 0 Å². The van der Waals surface area contributed by atoms with Crippen LogP contribution in [0.5, 0.6) is 0 Å². The number of hydrogen-bond acceptors (Lipinski definition) is 2. The van der Waals surface area contributed by atoms with Crippen molar-refractivity contribution in [1.29, 1.82) is 0 Å². The first-order valence-electron chi connectivity index (χ1n) is 6.53. The highest BCUT2D eigenvalue weighted by molar-refractivity contribution is 5.10. The molecule has 0 radical (unpaired) electrons. The summed E-state index contributed by atoms with van der Waals surface area (Å²) in [5.41, 5.74) is 1.71. The molecule has 0 aliphatic heterocycles. The molecule has 102 valence electrons. The van der Waals surface area contributed by atoms with Crippen LogP contribution in [0.25, 0.3) is 0 Å².